The summed E-state index contributed by atoms with van der Waals surface area (Å²) in [5, 5.41) is 1.70. The minimum absolute atomic E-state index is 0.00364. The minimum atomic E-state index is -4.08. The number of amides is 2. The molecule has 1 aliphatic heterocycles. The number of amidine groups is 1. The summed E-state index contributed by atoms with van der Waals surface area (Å²) in [5.74, 6) is -1.36. The fourth-order valence-electron chi connectivity index (χ4n) is 3.14. The Morgan fingerprint density at radius 1 is 0.970 bits per heavy atom. The number of halogens is 1. The summed E-state index contributed by atoms with van der Waals surface area (Å²) in [4.78, 5) is 26.9. The van der Waals surface area contributed by atoms with Crippen molar-refractivity contribution >= 4 is 50.1 Å². The highest BCUT2D eigenvalue weighted by atomic mass is 32.2. The topological polar surface area (TPSA) is 95.9 Å². The van der Waals surface area contributed by atoms with Gasteiger partial charge in [0.15, 0.2) is 5.17 Å². The maximum atomic E-state index is 13.2. The van der Waals surface area contributed by atoms with Gasteiger partial charge in [0.05, 0.1) is 10.6 Å². The molecule has 2 amide bonds. The Kier molecular flexibility index (Phi) is 6.57. The molecular formula is C23H18FN3O4S2. The number of rotatable bonds is 6. The molecular weight excluding hydrogens is 465 g/mol. The lowest BCUT2D eigenvalue weighted by Crippen LogP contribution is -2.33. The van der Waals surface area contributed by atoms with Crippen LogP contribution in [0.15, 0.2) is 94.2 Å². The molecule has 7 nitrogen and oxygen atoms in total. The van der Waals surface area contributed by atoms with E-state index in [0.717, 1.165) is 11.8 Å². The molecule has 0 saturated carbocycles. The number of nitrogens with one attached hydrogen (secondary N) is 1. The monoisotopic (exact) mass is 483 g/mol. The van der Waals surface area contributed by atoms with Crippen LogP contribution in [0, 0.1) is 5.82 Å². The van der Waals surface area contributed by atoms with Crippen molar-refractivity contribution < 1.29 is 22.4 Å². The summed E-state index contributed by atoms with van der Waals surface area (Å²) in [6, 6.07) is 21.4. The first-order chi connectivity index (χ1) is 15.8. The second-order valence-electron chi connectivity index (χ2n) is 7.04. The second-order valence-corrected chi connectivity index (χ2v) is 9.81. The molecule has 0 radical (unpaired) electrons. The maximum Gasteiger partial charge on any atom is 0.284 e. The van der Waals surface area contributed by atoms with Gasteiger partial charge in [-0.2, -0.15) is 8.42 Å². The summed E-state index contributed by atoms with van der Waals surface area (Å²) in [6.45, 7) is 0. The summed E-state index contributed by atoms with van der Waals surface area (Å²) in [7, 11) is -4.08. The van der Waals surface area contributed by atoms with E-state index in [2.05, 4.69) is 9.71 Å². The van der Waals surface area contributed by atoms with E-state index >= 15 is 0 Å². The number of carbonyl (C=O) groups excluding carboxylic acids is 2. The standard InChI is InChI=1S/C23H18FN3O4S2/c24-16-11-13-17(14-12-16)25-21(28)15-20-22(29)27(18-7-3-1-4-8-18)23(32-20)26-33(30,31)19-9-5-2-6-10-19/h1-14,20H,15H2,(H,25,28)/t20-/m0/s1. The number of sulfonamides is 1. The fraction of sp³-hybridized carbons (Fsp3) is 0.0870. The smallest absolute Gasteiger partial charge is 0.284 e. The number of anilines is 2. The van der Waals surface area contributed by atoms with Crippen LogP contribution in [0.2, 0.25) is 0 Å². The lowest BCUT2D eigenvalue weighted by molar-refractivity contribution is -0.121. The van der Waals surface area contributed by atoms with Gasteiger partial charge in [0.1, 0.15) is 11.1 Å². The molecule has 1 saturated heterocycles. The number of para-hydroxylation sites is 1. The van der Waals surface area contributed by atoms with Gasteiger partial charge in [-0.3, -0.25) is 14.5 Å². The Morgan fingerprint density at radius 2 is 1.58 bits per heavy atom. The lowest BCUT2D eigenvalue weighted by Gasteiger charge is -2.16. The molecule has 0 unspecified atom stereocenters. The predicted octanol–water partition coefficient (Wildman–Crippen LogP) is 4.05. The van der Waals surface area contributed by atoms with E-state index in [1.54, 1.807) is 48.5 Å². The van der Waals surface area contributed by atoms with E-state index in [1.165, 1.54) is 41.3 Å². The van der Waals surface area contributed by atoms with Crippen molar-refractivity contribution in [3.8, 4) is 0 Å². The molecule has 1 fully saturated rings. The Bertz CT molecular complexity index is 1300. The largest absolute Gasteiger partial charge is 0.326 e. The summed E-state index contributed by atoms with van der Waals surface area (Å²) in [6.07, 6.45) is -0.214. The Labute approximate surface area is 194 Å². The number of hydrogen-bond acceptors (Lipinski definition) is 5. The molecule has 1 atom stereocenters. The molecule has 0 spiro atoms. The number of hydrogen-bond donors (Lipinski definition) is 1. The van der Waals surface area contributed by atoms with Crippen LogP contribution in [0.4, 0.5) is 15.8 Å². The average molecular weight is 484 g/mol. The van der Waals surface area contributed by atoms with Crippen molar-refractivity contribution in [1.82, 2.24) is 0 Å². The second kappa shape index (κ2) is 9.55. The van der Waals surface area contributed by atoms with Gasteiger partial charge in [-0.25, -0.2) is 4.39 Å². The minimum Gasteiger partial charge on any atom is -0.326 e. The van der Waals surface area contributed by atoms with Crippen LogP contribution in [-0.4, -0.2) is 30.6 Å². The van der Waals surface area contributed by atoms with Gasteiger partial charge in [0, 0.05) is 12.1 Å². The molecule has 1 N–H and O–H groups in total. The van der Waals surface area contributed by atoms with Gasteiger partial charge in [-0.1, -0.05) is 48.2 Å². The van der Waals surface area contributed by atoms with E-state index in [1.807, 2.05) is 0 Å². The van der Waals surface area contributed by atoms with Crippen molar-refractivity contribution in [2.45, 2.75) is 16.6 Å². The first-order valence-electron chi connectivity index (χ1n) is 9.84. The number of nitrogens with zero attached hydrogens (tertiary/aromatic N) is 2. The van der Waals surface area contributed by atoms with Crippen LogP contribution in [0.1, 0.15) is 6.42 Å². The number of benzene rings is 3. The van der Waals surface area contributed by atoms with Crippen LogP contribution in [0.25, 0.3) is 0 Å². The quantitative estimate of drug-likeness (QED) is 0.571. The van der Waals surface area contributed by atoms with Gasteiger partial charge < -0.3 is 5.32 Å². The third kappa shape index (κ3) is 5.29. The maximum absolute atomic E-state index is 13.2. The van der Waals surface area contributed by atoms with Crippen molar-refractivity contribution in [1.29, 1.82) is 0 Å². The SMILES string of the molecule is O=C(C[C@@H]1SC(=NS(=O)(=O)c2ccccc2)N(c2ccccc2)C1=O)Nc1ccc(F)cc1. The number of carbonyl (C=O) groups is 2. The van der Waals surface area contributed by atoms with E-state index in [0.29, 0.717) is 11.4 Å². The van der Waals surface area contributed by atoms with E-state index in [4.69, 9.17) is 0 Å². The fourth-order valence-corrected chi connectivity index (χ4v) is 5.49. The summed E-state index contributed by atoms with van der Waals surface area (Å²) < 4.78 is 42.6. The molecule has 4 rings (SSSR count). The van der Waals surface area contributed by atoms with Crippen molar-refractivity contribution in [3.63, 3.8) is 0 Å². The van der Waals surface area contributed by atoms with E-state index < -0.39 is 32.9 Å². The molecule has 0 aromatic heterocycles. The van der Waals surface area contributed by atoms with Crippen molar-refractivity contribution in [2.24, 2.45) is 4.40 Å². The van der Waals surface area contributed by atoms with Crippen LogP contribution < -0.4 is 10.2 Å². The molecule has 0 bridgehead atoms. The van der Waals surface area contributed by atoms with Crippen molar-refractivity contribution in [3.05, 3.63) is 90.7 Å². The van der Waals surface area contributed by atoms with Crippen LogP contribution in [0.3, 0.4) is 0 Å². The molecule has 168 valence electrons. The van der Waals surface area contributed by atoms with Gasteiger partial charge >= 0.3 is 0 Å². The van der Waals surface area contributed by atoms with Crippen LogP contribution in [0.5, 0.6) is 0 Å². The Hall–Kier alpha value is -3.50. The Balaban J connectivity index is 1.61. The molecule has 10 heteroatoms. The van der Waals surface area contributed by atoms with Crippen LogP contribution >= 0.6 is 11.8 Å². The normalized spacial score (nSPS) is 17.4. The molecule has 3 aromatic carbocycles. The zero-order chi connectivity index (χ0) is 23.4. The highest BCUT2D eigenvalue weighted by Gasteiger charge is 2.41. The zero-order valence-electron chi connectivity index (χ0n) is 17.1. The Morgan fingerprint density at radius 3 is 2.21 bits per heavy atom. The van der Waals surface area contributed by atoms with Gasteiger partial charge in [-0.15, -0.1) is 4.40 Å². The average Bonchev–Trinajstić information content (AvgIpc) is 3.10. The molecule has 0 aliphatic carbocycles. The third-order valence-electron chi connectivity index (χ3n) is 4.69. The lowest BCUT2D eigenvalue weighted by atomic mass is 10.2. The molecule has 3 aromatic rings. The summed E-state index contributed by atoms with van der Waals surface area (Å²) in [5.41, 5.74) is 0.829. The van der Waals surface area contributed by atoms with Crippen molar-refractivity contribution in [2.75, 3.05) is 10.2 Å². The third-order valence-corrected chi connectivity index (χ3v) is 7.22. The van der Waals surface area contributed by atoms with E-state index in [9.17, 15) is 22.4 Å². The first-order valence-corrected chi connectivity index (χ1v) is 12.2. The molecule has 1 heterocycles. The molecule has 1 aliphatic rings. The highest BCUT2D eigenvalue weighted by Crippen LogP contribution is 2.35. The zero-order valence-corrected chi connectivity index (χ0v) is 18.7. The van der Waals surface area contributed by atoms with Gasteiger partial charge in [0.25, 0.3) is 10.0 Å². The first kappa shape index (κ1) is 22.7. The predicted molar refractivity (Wildman–Crippen MR) is 126 cm³/mol. The summed E-state index contributed by atoms with van der Waals surface area (Å²) >= 11 is 0.911. The van der Waals surface area contributed by atoms with E-state index in [-0.39, 0.29) is 16.5 Å². The van der Waals surface area contributed by atoms with Crippen LogP contribution in [-0.2, 0) is 19.6 Å². The highest BCUT2D eigenvalue weighted by molar-refractivity contribution is 8.16. The van der Waals surface area contributed by atoms with Gasteiger partial charge in [-0.05, 0) is 48.5 Å². The molecule has 33 heavy (non-hydrogen) atoms. The van der Waals surface area contributed by atoms with Gasteiger partial charge in [0.2, 0.25) is 11.8 Å². The number of thioether (sulfide) groups is 1.